The van der Waals surface area contributed by atoms with E-state index in [1.807, 2.05) is 19.9 Å². The number of imidazole rings is 1. The number of carboxylic acids is 1. The van der Waals surface area contributed by atoms with Gasteiger partial charge in [0.1, 0.15) is 35.6 Å². The molecule has 3 rings (SSSR count). The summed E-state index contributed by atoms with van der Waals surface area (Å²) < 4.78 is 5.25. The van der Waals surface area contributed by atoms with Crippen LogP contribution in [-0.2, 0) is 9.53 Å². The molecule has 1 aliphatic rings. The second-order valence-corrected chi connectivity index (χ2v) is 7.57. The predicted octanol–water partition coefficient (Wildman–Crippen LogP) is -0.285. The molecule has 0 aromatic carbocycles. The molecular formula is C16H21N5O6S. The molecule has 0 bridgehead atoms. The number of hydrogen-bond acceptors (Lipinski definition) is 10. The van der Waals surface area contributed by atoms with Crippen LogP contribution in [0.5, 0.6) is 0 Å². The molecule has 1 saturated heterocycles. The number of aliphatic hydroxyl groups excluding tert-OH is 3. The van der Waals surface area contributed by atoms with Crippen LogP contribution >= 0.6 is 11.8 Å². The molecule has 12 heteroatoms. The van der Waals surface area contributed by atoms with Crippen LogP contribution in [0.3, 0.4) is 0 Å². The van der Waals surface area contributed by atoms with Crippen molar-refractivity contribution in [1.82, 2.24) is 19.9 Å². The van der Waals surface area contributed by atoms with Gasteiger partial charge in [-0.1, -0.05) is 23.4 Å². The molecule has 2 aromatic heterocycles. The number of thioether (sulfide) groups is 1. The second kappa shape index (κ2) is 8.41. The molecule has 2 aromatic rings. The van der Waals surface area contributed by atoms with Gasteiger partial charge in [0.05, 0.1) is 0 Å². The van der Waals surface area contributed by atoms with Crippen LogP contribution in [0.15, 0.2) is 23.1 Å². The van der Waals surface area contributed by atoms with Crippen LogP contribution in [0.1, 0.15) is 13.8 Å². The van der Waals surface area contributed by atoms with Gasteiger partial charge in [-0.15, -0.1) is 0 Å². The normalized spacial score (nSPS) is 27.5. The van der Waals surface area contributed by atoms with Crippen molar-refractivity contribution in [3.05, 3.63) is 18.0 Å². The molecule has 0 amide bonds. The van der Waals surface area contributed by atoms with Gasteiger partial charge in [-0.05, 0) is 13.8 Å². The second-order valence-electron chi connectivity index (χ2n) is 6.48. The average molecular weight is 411 g/mol. The smallest absolute Gasteiger partial charge is 0.335 e. The number of aliphatic carboxylic acids is 1. The number of anilines is 1. The molecule has 3 heterocycles. The molecule has 5 atom stereocenters. The van der Waals surface area contributed by atoms with Gasteiger partial charge in [-0.2, -0.15) is 0 Å². The summed E-state index contributed by atoms with van der Waals surface area (Å²) in [6.07, 6.45) is -3.24. The molecule has 28 heavy (non-hydrogen) atoms. The van der Waals surface area contributed by atoms with Crippen molar-refractivity contribution >= 4 is 34.7 Å². The van der Waals surface area contributed by atoms with Crippen LogP contribution in [-0.4, -0.2) is 82.7 Å². The van der Waals surface area contributed by atoms with E-state index in [-0.39, 0.29) is 5.16 Å². The van der Waals surface area contributed by atoms with Gasteiger partial charge >= 0.3 is 5.97 Å². The zero-order chi connectivity index (χ0) is 20.4. The quantitative estimate of drug-likeness (QED) is 0.345. The highest BCUT2D eigenvalue weighted by Gasteiger charge is 2.47. The lowest BCUT2D eigenvalue weighted by Crippen LogP contribution is -2.58. The lowest BCUT2D eigenvalue weighted by Gasteiger charge is -2.38. The Hall–Kier alpha value is -2.25. The fourth-order valence-electron chi connectivity index (χ4n) is 2.61. The molecule has 0 radical (unpaired) electrons. The first-order valence-corrected chi connectivity index (χ1v) is 9.33. The number of hydrogen-bond donors (Lipinski definition) is 6. The van der Waals surface area contributed by atoms with Crippen molar-refractivity contribution in [3.8, 4) is 0 Å². The number of aliphatic hydroxyl groups is 3. The van der Waals surface area contributed by atoms with E-state index in [1.165, 1.54) is 6.33 Å². The first kappa shape index (κ1) is 20.5. The zero-order valence-electron chi connectivity index (χ0n) is 15.1. The first-order valence-electron chi connectivity index (χ1n) is 8.45. The van der Waals surface area contributed by atoms with E-state index in [0.29, 0.717) is 23.5 Å². The summed E-state index contributed by atoms with van der Waals surface area (Å²) in [6.45, 7) is 4.52. The number of allylic oxidation sites excluding steroid dienone is 1. The van der Waals surface area contributed by atoms with E-state index in [1.54, 1.807) is 0 Å². The Morgan fingerprint density at radius 1 is 1.29 bits per heavy atom. The van der Waals surface area contributed by atoms with E-state index in [4.69, 9.17) is 9.84 Å². The van der Waals surface area contributed by atoms with Crippen molar-refractivity contribution in [2.75, 3.05) is 11.9 Å². The van der Waals surface area contributed by atoms with E-state index in [0.717, 1.165) is 17.3 Å². The Kier molecular flexibility index (Phi) is 6.15. The van der Waals surface area contributed by atoms with Gasteiger partial charge < -0.3 is 35.5 Å². The van der Waals surface area contributed by atoms with Crippen LogP contribution in [0, 0.1) is 0 Å². The maximum Gasteiger partial charge on any atom is 0.335 e. The fraction of sp³-hybridized carbons (Fsp3) is 0.500. The highest BCUT2D eigenvalue weighted by molar-refractivity contribution is 7.99. The highest BCUT2D eigenvalue weighted by Crippen LogP contribution is 2.33. The summed E-state index contributed by atoms with van der Waals surface area (Å²) in [4.78, 5) is 26.7. The predicted molar refractivity (Wildman–Crippen MR) is 99.8 cm³/mol. The molecule has 1 aliphatic heterocycles. The monoisotopic (exact) mass is 411 g/mol. The molecule has 0 saturated carbocycles. The number of carboxylic acid groups (broad SMARTS) is 1. The summed E-state index contributed by atoms with van der Waals surface area (Å²) in [5.41, 5.74) is 0.900. The molecule has 11 nitrogen and oxygen atoms in total. The maximum atomic E-state index is 11.2. The first-order chi connectivity index (χ1) is 13.3. The molecule has 0 spiro atoms. The van der Waals surface area contributed by atoms with Gasteiger partial charge in [0, 0.05) is 6.54 Å². The minimum Gasteiger partial charge on any atom is -0.479 e. The minimum absolute atomic E-state index is 0.289. The molecule has 0 aliphatic carbocycles. The number of ether oxygens (including phenoxy) is 1. The van der Waals surface area contributed by atoms with Gasteiger partial charge in [-0.25, -0.2) is 19.7 Å². The lowest BCUT2D eigenvalue weighted by molar-refractivity contribution is -0.209. The van der Waals surface area contributed by atoms with Crippen molar-refractivity contribution in [2.24, 2.45) is 0 Å². The van der Waals surface area contributed by atoms with E-state index >= 15 is 0 Å². The largest absolute Gasteiger partial charge is 0.479 e. The van der Waals surface area contributed by atoms with Crippen molar-refractivity contribution < 1.29 is 30.0 Å². The van der Waals surface area contributed by atoms with E-state index in [2.05, 4.69) is 25.3 Å². The van der Waals surface area contributed by atoms with Crippen molar-refractivity contribution in [1.29, 1.82) is 0 Å². The lowest BCUT2D eigenvalue weighted by atomic mass is 10.0. The van der Waals surface area contributed by atoms with E-state index < -0.39 is 35.8 Å². The molecule has 6 N–H and O–H groups in total. The van der Waals surface area contributed by atoms with Crippen LogP contribution in [0.25, 0.3) is 11.2 Å². The Labute approximate surface area is 163 Å². The van der Waals surface area contributed by atoms with Crippen molar-refractivity contribution in [2.45, 2.75) is 48.9 Å². The van der Waals surface area contributed by atoms with Gasteiger partial charge in [-0.3, -0.25) is 0 Å². The Bertz CT molecular complexity index is 886. The Morgan fingerprint density at radius 2 is 2.04 bits per heavy atom. The standard InChI is InChI=1S/C16H21N5O6S/c1-6(2)3-4-17-12-7-13(19-5-18-12)21-16(20-7)28-15-10(24)8(22)9(23)11(27-15)14(25)26/h3,5,8-11,15,22-24H,4H2,1-2H3,(H,25,26)(H2,17,18,19,20,21)/t8-,9-,10+,11-,15-/m0/s1. The number of carbonyl (C=O) groups is 1. The number of rotatable bonds is 6. The van der Waals surface area contributed by atoms with Gasteiger partial charge in [0.25, 0.3) is 0 Å². The maximum absolute atomic E-state index is 11.2. The number of H-pyrrole nitrogens is 1. The van der Waals surface area contributed by atoms with Gasteiger partial charge in [0.15, 0.2) is 22.7 Å². The number of fused-ring (bicyclic) bond motifs is 1. The third-order valence-corrected chi connectivity index (χ3v) is 5.13. The topological polar surface area (TPSA) is 174 Å². The SMILES string of the molecule is CC(C)=CCNc1ncnc2nc(S[C@@H]3O[C@H](C(=O)O)[C@@H](O)[C@H](O)[C@H]3O)[nH]c12. The third-order valence-electron chi connectivity index (χ3n) is 4.09. The fourth-order valence-corrected chi connectivity index (χ4v) is 3.60. The minimum atomic E-state index is -1.74. The molecule has 152 valence electrons. The number of nitrogens with one attached hydrogen (secondary N) is 2. The number of aromatic nitrogens is 4. The molecular weight excluding hydrogens is 390 g/mol. The average Bonchev–Trinajstić information content (AvgIpc) is 3.05. The third kappa shape index (κ3) is 4.25. The number of aromatic amines is 1. The molecule has 1 fully saturated rings. The summed E-state index contributed by atoms with van der Waals surface area (Å²) in [6, 6.07) is 0. The van der Waals surface area contributed by atoms with Crippen LogP contribution in [0.4, 0.5) is 5.82 Å². The van der Waals surface area contributed by atoms with Crippen LogP contribution in [0.2, 0.25) is 0 Å². The zero-order valence-corrected chi connectivity index (χ0v) is 15.9. The van der Waals surface area contributed by atoms with Crippen molar-refractivity contribution in [3.63, 3.8) is 0 Å². The summed E-state index contributed by atoms with van der Waals surface area (Å²) >= 11 is 0.882. The Balaban J connectivity index is 1.80. The van der Waals surface area contributed by atoms with Gasteiger partial charge in [0.2, 0.25) is 0 Å². The molecule has 0 unspecified atom stereocenters. The summed E-state index contributed by atoms with van der Waals surface area (Å²) in [5, 5.41) is 42.4. The Morgan fingerprint density at radius 3 is 2.71 bits per heavy atom. The number of nitrogens with zero attached hydrogens (tertiary/aromatic N) is 3. The highest BCUT2D eigenvalue weighted by atomic mass is 32.2. The van der Waals surface area contributed by atoms with E-state index in [9.17, 15) is 20.1 Å². The summed E-state index contributed by atoms with van der Waals surface area (Å²) in [7, 11) is 0. The van der Waals surface area contributed by atoms with Crippen LogP contribution < -0.4 is 5.32 Å². The summed E-state index contributed by atoms with van der Waals surface area (Å²) in [5.74, 6) is -0.906.